The first-order chi connectivity index (χ1) is 10.5. The number of hydrogen-bond donors (Lipinski definition) is 2. The molecule has 0 heterocycles. The van der Waals surface area contributed by atoms with E-state index < -0.39 is 6.10 Å². The molecule has 0 saturated carbocycles. The van der Waals surface area contributed by atoms with Crippen LogP contribution in [0.25, 0.3) is 0 Å². The summed E-state index contributed by atoms with van der Waals surface area (Å²) in [5.74, 6) is 0.971. The maximum Gasteiger partial charge on any atom is 0.265 e. The summed E-state index contributed by atoms with van der Waals surface area (Å²) in [5, 5.41) is 12.4. The molecule has 0 bridgehead atoms. The number of phenolic OH excluding ortho intramolecular Hbond substituents is 1. The van der Waals surface area contributed by atoms with Crippen LogP contribution in [0.5, 0.6) is 17.2 Å². The average Bonchev–Trinajstić information content (AvgIpc) is 2.51. The Morgan fingerprint density at radius 1 is 1.14 bits per heavy atom. The molecule has 0 aliphatic carbocycles. The van der Waals surface area contributed by atoms with E-state index >= 15 is 0 Å². The van der Waals surface area contributed by atoms with E-state index in [1.165, 1.54) is 0 Å². The normalized spacial score (nSPS) is 11.6. The number of aromatic hydroxyl groups is 1. The van der Waals surface area contributed by atoms with Gasteiger partial charge < -0.3 is 19.9 Å². The number of nitrogens with one attached hydrogen (secondary N) is 1. The highest BCUT2D eigenvalue weighted by Crippen LogP contribution is 2.24. The van der Waals surface area contributed by atoms with Gasteiger partial charge in [-0.3, -0.25) is 4.79 Å². The number of phenols is 1. The van der Waals surface area contributed by atoms with E-state index in [9.17, 15) is 9.90 Å². The molecule has 2 rings (SSSR count). The van der Waals surface area contributed by atoms with Crippen LogP contribution in [0.15, 0.2) is 42.5 Å². The molecule has 0 aromatic heterocycles. The number of ether oxygens (including phenoxy) is 2. The first-order valence-corrected chi connectivity index (χ1v) is 6.91. The Kier molecular flexibility index (Phi) is 4.88. The summed E-state index contributed by atoms with van der Waals surface area (Å²) in [4.78, 5) is 12.1. The quantitative estimate of drug-likeness (QED) is 0.833. The lowest BCUT2D eigenvalue weighted by atomic mass is 10.2. The van der Waals surface area contributed by atoms with Gasteiger partial charge in [0.1, 0.15) is 17.2 Å². The summed E-state index contributed by atoms with van der Waals surface area (Å²) in [6.45, 7) is 3.53. The predicted octanol–water partition coefficient (Wildman–Crippen LogP) is 3.12. The van der Waals surface area contributed by atoms with E-state index in [-0.39, 0.29) is 11.7 Å². The lowest BCUT2D eigenvalue weighted by Crippen LogP contribution is -2.30. The lowest BCUT2D eigenvalue weighted by molar-refractivity contribution is -0.122. The van der Waals surface area contributed by atoms with E-state index in [2.05, 4.69) is 5.32 Å². The van der Waals surface area contributed by atoms with Gasteiger partial charge in [-0.1, -0.05) is 6.07 Å². The maximum atomic E-state index is 12.1. The number of benzene rings is 2. The van der Waals surface area contributed by atoms with E-state index in [4.69, 9.17) is 9.47 Å². The van der Waals surface area contributed by atoms with Crippen LogP contribution in [-0.2, 0) is 4.79 Å². The van der Waals surface area contributed by atoms with E-state index in [1.807, 2.05) is 6.92 Å². The number of amides is 1. The van der Waals surface area contributed by atoms with E-state index in [1.54, 1.807) is 56.5 Å². The van der Waals surface area contributed by atoms with Crippen molar-refractivity contribution in [3.63, 3.8) is 0 Å². The van der Waals surface area contributed by atoms with E-state index in [0.717, 1.165) is 5.56 Å². The second kappa shape index (κ2) is 6.85. The fourth-order valence-corrected chi connectivity index (χ4v) is 1.90. The van der Waals surface area contributed by atoms with Crippen molar-refractivity contribution in [3.8, 4) is 17.2 Å². The monoisotopic (exact) mass is 301 g/mol. The standard InChI is InChI=1S/C17H19NO4/c1-11-4-9-16(19)15(10-11)18-17(20)12(2)22-14-7-5-13(21-3)6-8-14/h4-10,12,19H,1-3H3,(H,18,20)/t12-/m1/s1. The van der Waals surface area contributed by atoms with Crippen molar-refractivity contribution in [1.82, 2.24) is 0 Å². The minimum Gasteiger partial charge on any atom is -0.506 e. The van der Waals surface area contributed by atoms with Gasteiger partial charge in [0.25, 0.3) is 5.91 Å². The zero-order chi connectivity index (χ0) is 16.1. The maximum absolute atomic E-state index is 12.1. The average molecular weight is 301 g/mol. The van der Waals surface area contributed by atoms with Crippen molar-refractivity contribution in [2.75, 3.05) is 12.4 Å². The Labute approximate surface area is 129 Å². The molecule has 0 saturated heterocycles. The third-order valence-electron chi connectivity index (χ3n) is 3.15. The van der Waals surface area contributed by atoms with Crippen LogP contribution in [0.3, 0.4) is 0 Å². The zero-order valence-corrected chi connectivity index (χ0v) is 12.8. The molecule has 1 amide bonds. The molecule has 1 atom stereocenters. The highest BCUT2D eigenvalue weighted by molar-refractivity contribution is 5.95. The third kappa shape index (κ3) is 3.91. The van der Waals surface area contributed by atoms with Gasteiger partial charge in [0.05, 0.1) is 12.8 Å². The highest BCUT2D eigenvalue weighted by atomic mass is 16.5. The Morgan fingerprint density at radius 3 is 2.41 bits per heavy atom. The largest absolute Gasteiger partial charge is 0.506 e. The van der Waals surface area contributed by atoms with Crippen molar-refractivity contribution < 1.29 is 19.4 Å². The van der Waals surface area contributed by atoms with Crippen LogP contribution < -0.4 is 14.8 Å². The number of methoxy groups -OCH3 is 1. The van der Waals surface area contributed by atoms with Gasteiger partial charge in [-0.2, -0.15) is 0 Å². The second-order valence-electron chi connectivity index (χ2n) is 4.95. The Balaban J connectivity index is 2.00. The molecule has 2 N–H and O–H groups in total. The number of anilines is 1. The van der Waals surface area contributed by atoms with Crippen molar-refractivity contribution >= 4 is 11.6 Å². The van der Waals surface area contributed by atoms with Gasteiger partial charge in [-0.15, -0.1) is 0 Å². The SMILES string of the molecule is COc1ccc(O[C@H](C)C(=O)Nc2cc(C)ccc2O)cc1. The predicted molar refractivity (Wildman–Crippen MR) is 84.6 cm³/mol. The van der Waals surface area contributed by atoms with Crippen LogP contribution in [0.2, 0.25) is 0 Å². The number of hydrogen-bond acceptors (Lipinski definition) is 4. The van der Waals surface area contributed by atoms with Crippen LogP contribution in [0.4, 0.5) is 5.69 Å². The van der Waals surface area contributed by atoms with Crippen LogP contribution >= 0.6 is 0 Å². The molecule has 116 valence electrons. The lowest BCUT2D eigenvalue weighted by Gasteiger charge is -2.15. The topological polar surface area (TPSA) is 67.8 Å². The fraction of sp³-hybridized carbons (Fsp3) is 0.235. The molecule has 0 aliphatic heterocycles. The van der Waals surface area contributed by atoms with Crippen LogP contribution in [0.1, 0.15) is 12.5 Å². The van der Waals surface area contributed by atoms with Crippen molar-refractivity contribution in [1.29, 1.82) is 0 Å². The van der Waals surface area contributed by atoms with Crippen LogP contribution in [-0.4, -0.2) is 24.2 Å². The smallest absolute Gasteiger partial charge is 0.265 e. The molecule has 2 aromatic carbocycles. The molecular weight excluding hydrogens is 282 g/mol. The molecule has 0 radical (unpaired) electrons. The summed E-state index contributed by atoms with van der Waals surface area (Å²) in [7, 11) is 1.58. The summed E-state index contributed by atoms with van der Waals surface area (Å²) >= 11 is 0. The summed E-state index contributed by atoms with van der Waals surface area (Å²) in [5.41, 5.74) is 1.31. The molecular formula is C17H19NO4. The molecule has 5 nitrogen and oxygen atoms in total. The number of rotatable bonds is 5. The minimum absolute atomic E-state index is 0.0237. The molecule has 22 heavy (non-hydrogen) atoms. The van der Waals surface area contributed by atoms with Gasteiger partial charge >= 0.3 is 0 Å². The van der Waals surface area contributed by atoms with E-state index in [0.29, 0.717) is 17.2 Å². The van der Waals surface area contributed by atoms with Gasteiger partial charge in [0, 0.05) is 0 Å². The Bertz CT molecular complexity index is 652. The zero-order valence-electron chi connectivity index (χ0n) is 12.8. The summed E-state index contributed by atoms with van der Waals surface area (Å²) < 4.78 is 10.6. The minimum atomic E-state index is -0.701. The first-order valence-electron chi connectivity index (χ1n) is 6.91. The summed E-state index contributed by atoms with van der Waals surface area (Å²) in [6.07, 6.45) is -0.701. The molecule has 2 aromatic rings. The fourth-order valence-electron chi connectivity index (χ4n) is 1.90. The Morgan fingerprint density at radius 2 is 1.77 bits per heavy atom. The van der Waals surface area contributed by atoms with Crippen molar-refractivity contribution in [3.05, 3.63) is 48.0 Å². The molecule has 0 spiro atoms. The number of aryl methyl sites for hydroxylation is 1. The van der Waals surface area contributed by atoms with Gasteiger partial charge in [-0.25, -0.2) is 0 Å². The Hall–Kier alpha value is -2.69. The van der Waals surface area contributed by atoms with Gasteiger partial charge in [0.2, 0.25) is 0 Å². The third-order valence-corrected chi connectivity index (χ3v) is 3.15. The van der Waals surface area contributed by atoms with Gasteiger partial charge in [0.15, 0.2) is 6.10 Å². The molecule has 0 unspecified atom stereocenters. The molecule has 0 aliphatic rings. The van der Waals surface area contributed by atoms with Crippen molar-refractivity contribution in [2.45, 2.75) is 20.0 Å². The number of carbonyl (C=O) groups excluding carboxylic acids is 1. The molecule has 5 heteroatoms. The van der Waals surface area contributed by atoms with Crippen molar-refractivity contribution in [2.24, 2.45) is 0 Å². The highest BCUT2D eigenvalue weighted by Gasteiger charge is 2.16. The number of carbonyl (C=O) groups is 1. The van der Waals surface area contributed by atoms with Gasteiger partial charge in [-0.05, 0) is 55.8 Å². The molecule has 0 fully saturated rings. The first kappa shape index (κ1) is 15.7. The second-order valence-corrected chi connectivity index (χ2v) is 4.95. The summed E-state index contributed by atoms with van der Waals surface area (Å²) in [6, 6.07) is 12.0. The van der Waals surface area contributed by atoms with Crippen LogP contribution in [0, 0.1) is 6.92 Å².